The fourth-order valence-electron chi connectivity index (χ4n) is 2.01. The highest BCUT2D eigenvalue weighted by molar-refractivity contribution is 6.37. The number of hydrogen-bond acceptors (Lipinski definition) is 4. The lowest BCUT2D eigenvalue weighted by Crippen LogP contribution is -1.97. The molecule has 0 saturated heterocycles. The second-order valence-corrected chi connectivity index (χ2v) is 5.13. The fraction of sp³-hybridized carbons (Fsp3) is 0.0667. The van der Waals surface area contributed by atoms with Gasteiger partial charge in [-0.05, 0) is 18.1 Å². The van der Waals surface area contributed by atoms with Gasteiger partial charge in [-0.2, -0.15) is 0 Å². The number of nitrogens with zero attached hydrogens (tertiary/aromatic N) is 4. The van der Waals surface area contributed by atoms with E-state index in [1.165, 1.54) is 0 Å². The average molecular weight is 317 g/mol. The molecule has 0 unspecified atom stereocenters. The molecule has 3 rings (SSSR count). The van der Waals surface area contributed by atoms with Crippen molar-refractivity contribution in [3.05, 3.63) is 58.7 Å². The lowest BCUT2D eigenvalue weighted by atomic mass is 10.0. The molecule has 0 amide bonds. The van der Waals surface area contributed by atoms with Gasteiger partial charge in [0, 0.05) is 12.4 Å². The molecule has 4 nitrogen and oxygen atoms in total. The van der Waals surface area contributed by atoms with Gasteiger partial charge < -0.3 is 0 Å². The molecule has 0 aliphatic carbocycles. The molecule has 2 heterocycles. The number of hydrogen-bond donors (Lipinski definition) is 0. The van der Waals surface area contributed by atoms with E-state index < -0.39 is 0 Å². The SMILES string of the molecule is Cc1ccccc1-c1c(Cl)nc(-c2cnccn2)nc1Cl. The number of benzene rings is 1. The Morgan fingerprint density at radius 1 is 0.952 bits per heavy atom. The maximum absolute atomic E-state index is 6.31. The monoisotopic (exact) mass is 316 g/mol. The van der Waals surface area contributed by atoms with Crippen LogP contribution in [0, 0.1) is 6.92 Å². The Bertz CT molecular complexity index is 768. The summed E-state index contributed by atoms with van der Waals surface area (Å²) in [6.07, 6.45) is 4.71. The lowest BCUT2D eigenvalue weighted by molar-refractivity contribution is 1.11. The van der Waals surface area contributed by atoms with Gasteiger partial charge in [-0.25, -0.2) is 15.0 Å². The van der Waals surface area contributed by atoms with Gasteiger partial charge in [0.2, 0.25) is 0 Å². The first kappa shape index (κ1) is 13.9. The van der Waals surface area contributed by atoms with Crippen LogP contribution in [0.4, 0.5) is 0 Å². The third-order valence-electron chi connectivity index (χ3n) is 3.03. The summed E-state index contributed by atoms with van der Waals surface area (Å²) in [5.41, 5.74) is 3.12. The van der Waals surface area contributed by atoms with E-state index in [1.807, 2.05) is 31.2 Å². The van der Waals surface area contributed by atoms with Crippen molar-refractivity contribution in [3.8, 4) is 22.6 Å². The van der Waals surface area contributed by atoms with Crippen molar-refractivity contribution in [3.63, 3.8) is 0 Å². The molecule has 0 aliphatic heterocycles. The second kappa shape index (κ2) is 5.76. The fourth-order valence-corrected chi connectivity index (χ4v) is 2.60. The number of rotatable bonds is 2. The lowest BCUT2D eigenvalue weighted by Gasteiger charge is -2.10. The summed E-state index contributed by atoms with van der Waals surface area (Å²) in [4.78, 5) is 16.7. The molecule has 0 N–H and O–H groups in total. The van der Waals surface area contributed by atoms with Gasteiger partial charge in [-0.15, -0.1) is 0 Å². The molecule has 0 fully saturated rings. The first-order chi connectivity index (χ1) is 10.2. The summed E-state index contributed by atoms with van der Waals surface area (Å²) in [5.74, 6) is 0.357. The molecule has 0 saturated carbocycles. The van der Waals surface area contributed by atoms with E-state index in [2.05, 4.69) is 19.9 Å². The molecule has 0 spiro atoms. The van der Waals surface area contributed by atoms with Crippen molar-refractivity contribution in [1.29, 1.82) is 0 Å². The zero-order chi connectivity index (χ0) is 14.8. The molecule has 0 atom stereocenters. The highest BCUT2D eigenvalue weighted by Gasteiger charge is 2.16. The average Bonchev–Trinajstić information content (AvgIpc) is 2.49. The van der Waals surface area contributed by atoms with E-state index in [4.69, 9.17) is 23.2 Å². The summed E-state index contributed by atoms with van der Waals surface area (Å²) in [6.45, 7) is 1.98. The van der Waals surface area contributed by atoms with Gasteiger partial charge in [-0.3, -0.25) is 4.98 Å². The zero-order valence-corrected chi connectivity index (χ0v) is 12.6. The minimum atomic E-state index is 0.296. The Morgan fingerprint density at radius 2 is 1.67 bits per heavy atom. The van der Waals surface area contributed by atoms with Gasteiger partial charge in [0.15, 0.2) is 5.82 Å². The van der Waals surface area contributed by atoms with E-state index in [1.54, 1.807) is 18.6 Å². The Labute approximate surface area is 131 Å². The summed E-state index contributed by atoms with van der Waals surface area (Å²) < 4.78 is 0. The zero-order valence-electron chi connectivity index (χ0n) is 11.1. The molecule has 2 aromatic heterocycles. The van der Waals surface area contributed by atoms with Crippen molar-refractivity contribution < 1.29 is 0 Å². The summed E-state index contributed by atoms with van der Waals surface area (Å²) in [6, 6.07) is 7.80. The van der Waals surface area contributed by atoms with Gasteiger partial charge >= 0.3 is 0 Å². The summed E-state index contributed by atoms with van der Waals surface area (Å²) in [5, 5.41) is 0.593. The van der Waals surface area contributed by atoms with Crippen molar-refractivity contribution >= 4 is 23.2 Å². The largest absolute Gasteiger partial charge is 0.261 e. The maximum atomic E-state index is 6.31. The van der Waals surface area contributed by atoms with Gasteiger partial charge in [-0.1, -0.05) is 47.5 Å². The Morgan fingerprint density at radius 3 is 2.29 bits per heavy atom. The smallest absolute Gasteiger partial charge is 0.182 e. The van der Waals surface area contributed by atoms with Crippen molar-refractivity contribution in [2.24, 2.45) is 0 Å². The Kier molecular flexibility index (Phi) is 3.82. The van der Waals surface area contributed by atoms with E-state index in [-0.39, 0.29) is 0 Å². The summed E-state index contributed by atoms with van der Waals surface area (Å²) >= 11 is 12.6. The van der Waals surface area contributed by atoms with Crippen molar-refractivity contribution in [1.82, 2.24) is 19.9 Å². The van der Waals surface area contributed by atoms with Crippen LogP contribution in [0.5, 0.6) is 0 Å². The van der Waals surface area contributed by atoms with Gasteiger partial charge in [0.05, 0.1) is 11.8 Å². The van der Waals surface area contributed by atoms with E-state index >= 15 is 0 Å². The number of aryl methyl sites for hydroxylation is 1. The Hall–Kier alpha value is -2.04. The summed E-state index contributed by atoms with van der Waals surface area (Å²) in [7, 11) is 0. The van der Waals surface area contributed by atoms with Crippen LogP contribution in [0.25, 0.3) is 22.6 Å². The molecule has 3 aromatic rings. The standard InChI is InChI=1S/C15H10Cl2N4/c1-9-4-2-3-5-10(9)12-13(16)20-15(21-14(12)17)11-8-18-6-7-19-11/h2-8H,1H3. The van der Waals surface area contributed by atoms with Crippen LogP contribution in [0.3, 0.4) is 0 Å². The Balaban J connectivity index is 2.16. The highest BCUT2D eigenvalue weighted by atomic mass is 35.5. The van der Waals surface area contributed by atoms with Crippen molar-refractivity contribution in [2.45, 2.75) is 6.92 Å². The van der Waals surface area contributed by atoms with Crippen LogP contribution in [-0.2, 0) is 0 Å². The minimum Gasteiger partial charge on any atom is -0.261 e. The molecular formula is C15H10Cl2N4. The number of aromatic nitrogens is 4. The van der Waals surface area contributed by atoms with E-state index in [0.29, 0.717) is 27.4 Å². The van der Waals surface area contributed by atoms with Crippen LogP contribution in [-0.4, -0.2) is 19.9 Å². The van der Waals surface area contributed by atoms with Crippen LogP contribution in [0.1, 0.15) is 5.56 Å². The van der Waals surface area contributed by atoms with Crippen LogP contribution >= 0.6 is 23.2 Å². The maximum Gasteiger partial charge on any atom is 0.182 e. The van der Waals surface area contributed by atoms with Crippen LogP contribution in [0.15, 0.2) is 42.9 Å². The van der Waals surface area contributed by atoms with Gasteiger partial charge in [0.25, 0.3) is 0 Å². The number of halogens is 2. The quantitative estimate of drug-likeness (QED) is 0.664. The molecule has 6 heteroatoms. The first-order valence-corrected chi connectivity index (χ1v) is 6.98. The third kappa shape index (κ3) is 2.73. The molecular weight excluding hydrogens is 307 g/mol. The van der Waals surface area contributed by atoms with Crippen molar-refractivity contribution in [2.75, 3.05) is 0 Å². The van der Waals surface area contributed by atoms with E-state index in [9.17, 15) is 0 Å². The molecule has 21 heavy (non-hydrogen) atoms. The molecule has 0 aliphatic rings. The molecule has 0 bridgehead atoms. The first-order valence-electron chi connectivity index (χ1n) is 6.22. The molecule has 104 valence electrons. The van der Waals surface area contributed by atoms with Crippen LogP contribution < -0.4 is 0 Å². The predicted octanol–water partition coefficient (Wildman–Crippen LogP) is 4.22. The minimum absolute atomic E-state index is 0.296. The topological polar surface area (TPSA) is 51.6 Å². The van der Waals surface area contributed by atoms with E-state index in [0.717, 1.165) is 11.1 Å². The second-order valence-electron chi connectivity index (χ2n) is 4.41. The normalized spacial score (nSPS) is 10.6. The molecule has 0 radical (unpaired) electrons. The van der Waals surface area contributed by atoms with Gasteiger partial charge in [0.1, 0.15) is 16.0 Å². The predicted molar refractivity (Wildman–Crippen MR) is 83.3 cm³/mol. The highest BCUT2D eigenvalue weighted by Crippen LogP contribution is 2.35. The molecule has 1 aromatic carbocycles. The third-order valence-corrected chi connectivity index (χ3v) is 3.57. The van der Waals surface area contributed by atoms with Crippen LogP contribution in [0.2, 0.25) is 10.3 Å².